The lowest BCUT2D eigenvalue weighted by Crippen LogP contribution is -2.45. The van der Waals surface area contributed by atoms with E-state index >= 15 is 0 Å². The number of nitrogens with two attached hydrogens (primary N) is 1. The number of alkyl carbamates (subject to hydrolysis) is 1. The average Bonchev–Trinajstić information content (AvgIpc) is 1.98. The molecule has 1 unspecified atom stereocenters. The molecule has 0 fully saturated rings. The van der Waals surface area contributed by atoms with E-state index in [1.165, 1.54) is 6.92 Å². The molecule has 0 aliphatic rings. The summed E-state index contributed by atoms with van der Waals surface area (Å²) in [6.45, 7) is 6.88. The molecule has 0 aliphatic heterocycles. The molecule has 14 heavy (non-hydrogen) atoms. The van der Waals surface area contributed by atoms with Gasteiger partial charge >= 0.3 is 6.09 Å². The average molecular weight is 199 g/mol. The van der Waals surface area contributed by atoms with Gasteiger partial charge in [0.2, 0.25) is 0 Å². The molecule has 80 valence electrons. The van der Waals surface area contributed by atoms with Crippen molar-refractivity contribution in [3.63, 3.8) is 0 Å². The molecule has 0 aromatic rings. The van der Waals surface area contributed by atoms with Gasteiger partial charge in [-0.15, -0.1) is 0 Å². The summed E-state index contributed by atoms with van der Waals surface area (Å²) >= 11 is 0. The van der Waals surface area contributed by atoms with Crippen LogP contribution in [0.4, 0.5) is 4.79 Å². The molecule has 0 aromatic carbocycles. The maximum absolute atomic E-state index is 11.1. The summed E-state index contributed by atoms with van der Waals surface area (Å²) in [6, 6.07) is 1.83. The molecule has 3 N–H and O–H groups in total. The number of hydrogen-bond donors (Lipinski definition) is 2. The molecule has 1 atom stereocenters. The highest BCUT2D eigenvalue weighted by atomic mass is 16.5. The van der Waals surface area contributed by atoms with Crippen molar-refractivity contribution < 1.29 is 9.53 Å². The standard InChI is InChI=1S/C9H17N3O2/c1-8(2,3)12-7(13)14-6-9(4,11)5-10/h6,11H2,1-4H3,(H,12,13). The van der Waals surface area contributed by atoms with Crippen LogP contribution >= 0.6 is 0 Å². The second-order valence-corrected chi connectivity index (χ2v) is 4.48. The van der Waals surface area contributed by atoms with E-state index in [0.29, 0.717) is 0 Å². The summed E-state index contributed by atoms with van der Waals surface area (Å²) in [5.41, 5.74) is 3.98. The van der Waals surface area contributed by atoms with Crippen LogP contribution in [0.2, 0.25) is 0 Å². The van der Waals surface area contributed by atoms with Gasteiger partial charge in [0.25, 0.3) is 0 Å². The maximum atomic E-state index is 11.1. The third kappa shape index (κ3) is 6.26. The number of carbonyl (C=O) groups is 1. The fourth-order valence-corrected chi connectivity index (χ4v) is 0.590. The fourth-order valence-electron chi connectivity index (χ4n) is 0.590. The number of hydrogen-bond acceptors (Lipinski definition) is 4. The summed E-state index contributed by atoms with van der Waals surface area (Å²) in [5, 5.41) is 11.1. The first-order valence-electron chi connectivity index (χ1n) is 4.31. The predicted octanol–water partition coefficient (Wildman–Crippen LogP) is 0.752. The molecule has 0 spiro atoms. The summed E-state index contributed by atoms with van der Waals surface area (Å²) in [7, 11) is 0. The molecule has 0 bridgehead atoms. The minimum atomic E-state index is -1.13. The van der Waals surface area contributed by atoms with E-state index < -0.39 is 11.6 Å². The first-order valence-corrected chi connectivity index (χ1v) is 4.31. The second-order valence-electron chi connectivity index (χ2n) is 4.48. The zero-order chi connectivity index (χ0) is 11.4. The molecule has 0 saturated carbocycles. The summed E-state index contributed by atoms with van der Waals surface area (Å²) in [6.07, 6.45) is -0.565. The van der Waals surface area contributed by atoms with Crippen LogP contribution in [0.15, 0.2) is 0 Å². The van der Waals surface area contributed by atoms with Gasteiger partial charge in [-0.3, -0.25) is 0 Å². The van der Waals surface area contributed by atoms with Crippen LogP contribution in [0.5, 0.6) is 0 Å². The number of amides is 1. The normalized spacial score (nSPS) is 15.1. The van der Waals surface area contributed by atoms with Gasteiger partial charge in [0.1, 0.15) is 12.1 Å². The zero-order valence-corrected chi connectivity index (χ0v) is 9.05. The summed E-state index contributed by atoms with van der Waals surface area (Å²) < 4.78 is 4.78. The third-order valence-electron chi connectivity index (χ3n) is 1.24. The predicted molar refractivity (Wildman–Crippen MR) is 52.4 cm³/mol. The first kappa shape index (κ1) is 12.7. The Bertz CT molecular complexity index is 248. The lowest BCUT2D eigenvalue weighted by molar-refractivity contribution is 0.124. The van der Waals surface area contributed by atoms with E-state index in [2.05, 4.69) is 5.32 Å². The van der Waals surface area contributed by atoms with Gasteiger partial charge in [-0.1, -0.05) is 0 Å². The number of ether oxygens (including phenoxy) is 1. The Morgan fingerprint density at radius 2 is 2.00 bits per heavy atom. The van der Waals surface area contributed by atoms with Crippen molar-refractivity contribution in [1.82, 2.24) is 5.32 Å². The Balaban J connectivity index is 3.95. The molecule has 0 aromatic heterocycles. The van der Waals surface area contributed by atoms with Crippen molar-refractivity contribution in [2.45, 2.75) is 38.8 Å². The maximum Gasteiger partial charge on any atom is 0.407 e. The van der Waals surface area contributed by atoms with Crippen molar-refractivity contribution in [2.75, 3.05) is 6.61 Å². The van der Waals surface area contributed by atoms with Crippen LogP contribution in [-0.4, -0.2) is 23.8 Å². The Kier molecular flexibility index (Phi) is 3.90. The van der Waals surface area contributed by atoms with Gasteiger partial charge in [0.05, 0.1) is 6.07 Å². The summed E-state index contributed by atoms with van der Waals surface area (Å²) in [4.78, 5) is 11.1. The van der Waals surface area contributed by atoms with Crippen LogP contribution in [0.25, 0.3) is 0 Å². The van der Waals surface area contributed by atoms with E-state index in [1.54, 1.807) is 0 Å². The number of rotatable bonds is 2. The topological polar surface area (TPSA) is 88.1 Å². The minimum Gasteiger partial charge on any atom is -0.446 e. The highest BCUT2D eigenvalue weighted by molar-refractivity contribution is 5.68. The molecule has 1 amide bonds. The quantitative estimate of drug-likeness (QED) is 0.687. The van der Waals surface area contributed by atoms with Crippen molar-refractivity contribution in [1.29, 1.82) is 5.26 Å². The lowest BCUT2D eigenvalue weighted by atomic mass is 10.1. The molecular weight excluding hydrogens is 182 g/mol. The Morgan fingerprint density at radius 1 is 1.50 bits per heavy atom. The van der Waals surface area contributed by atoms with Crippen LogP contribution in [-0.2, 0) is 4.74 Å². The largest absolute Gasteiger partial charge is 0.446 e. The van der Waals surface area contributed by atoms with E-state index in [9.17, 15) is 4.79 Å². The van der Waals surface area contributed by atoms with E-state index in [-0.39, 0.29) is 12.1 Å². The monoisotopic (exact) mass is 199 g/mol. The van der Waals surface area contributed by atoms with Crippen molar-refractivity contribution in [3.8, 4) is 6.07 Å². The highest BCUT2D eigenvalue weighted by Crippen LogP contribution is 2.01. The molecule has 0 rings (SSSR count). The van der Waals surface area contributed by atoms with Gasteiger partial charge in [-0.05, 0) is 27.7 Å². The lowest BCUT2D eigenvalue weighted by Gasteiger charge is -2.22. The van der Waals surface area contributed by atoms with Crippen molar-refractivity contribution in [2.24, 2.45) is 5.73 Å². The van der Waals surface area contributed by atoms with Crippen LogP contribution in [0, 0.1) is 11.3 Å². The Morgan fingerprint density at radius 3 is 2.36 bits per heavy atom. The Hall–Kier alpha value is -1.28. The van der Waals surface area contributed by atoms with Gasteiger partial charge in [0, 0.05) is 5.54 Å². The molecular formula is C9H17N3O2. The first-order chi connectivity index (χ1) is 6.16. The van der Waals surface area contributed by atoms with Gasteiger partial charge in [0.15, 0.2) is 0 Å². The SMILES string of the molecule is CC(N)(C#N)COC(=O)NC(C)(C)C. The molecule has 0 saturated heterocycles. The summed E-state index contributed by atoms with van der Waals surface area (Å²) in [5.74, 6) is 0. The van der Waals surface area contributed by atoms with E-state index in [0.717, 1.165) is 0 Å². The molecule has 0 heterocycles. The smallest absolute Gasteiger partial charge is 0.407 e. The van der Waals surface area contributed by atoms with Crippen LogP contribution < -0.4 is 11.1 Å². The highest BCUT2D eigenvalue weighted by Gasteiger charge is 2.21. The number of nitrogens with zero attached hydrogens (tertiary/aromatic N) is 1. The van der Waals surface area contributed by atoms with E-state index in [1.807, 2.05) is 26.8 Å². The fraction of sp³-hybridized carbons (Fsp3) is 0.778. The third-order valence-corrected chi connectivity index (χ3v) is 1.24. The van der Waals surface area contributed by atoms with Gasteiger partial charge in [-0.25, -0.2) is 4.79 Å². The van der Waals surface area contributed by atoms with E-state index in [4.69, 9.17) is 15.7 Å². The molecule has 5 heteroatoms. The van der Waals surface area contributed by atoms with Crippen LogP contribution in [0.1, 0.15) is 27.7 Å². The molecule has 0 radical (unpaired) electrons. The Labute approximate surface area is 84.2 Å². The number of nitrogens with one attached hydrogen (secondary N) is 1. The molecule has 5 nitrogen and oxygen atoms in total. The number of nitriles is 1. The zero-order valence-electron chi connectivity index (χ0n) is 9.05. The van der Waals surface area contributed by atoms with Crippen molar-refractivity contribution >= 4 is 6.09 Å². The van der Waals surface area contributed by atoms with Crippen LogP contribution in [0.3, 0.4) is 0 Å². The minimum absolute atomic E-state index is 0.120. The molecule has 0 aliphatic carbocycles. The number of carbonyl (C=O) groups excluding carboxylic acids is 1. The second kappa shape index (κ2) is 4.29. The van der Waals surface area contributed by atoms with Gasteiger partial charge < -0.3 is 15.8 Å². The van der Waals surface area contributed by atoms with Gasteiger partial charge in [-0.2, -0.15) is 5.26 Å². The van der Waals surface area contributed by atoms with Crippen molar-refractivity contribution in [3.05, 3.63) is 0 Å².